The lowest BCUT2D eigenvalue weighted by molar-refractivity contribution is -0.130. The lowest BCUT2D eigenvalue weighted by atomic mass is 10.0. The van der Waals surface area contributed by atoms with Crippen LogP contribution in [-0.2, 0) is 4.79 Å². The molecule has 0 radical (unpaired) electrons. The molecule has 1 amide bonds. The second-order valence-corrected chi connectivity index (χ2v) is 5.54. The first-order chi connectivity index (χ1) is 8.25. The summed E-state index contributed by atoms with van der Waals surface area (Å²) in [4.78, 5) is 18.2. The van der Waals surface area contributed by atoms with Gasteiger partial charge in [0.1, 0.15) is 0 Å². The quantitative estimate of drug-likeness (QED) is 0.773. The number of nitrogens with zero attached hydrogens (tertiary/aromatic N) is 2. The molecule has 17 heavy (non-hydrogen) atoms. The molecule has 92 valence electrons. The van der Waals surface area contributed by atoms with Crippen LogP contribution in [0.15, 0.2) is 29.4 Å². The van der Waals surface area contributed by atoms with Gasteiger partial charge in [-0.2, -0.15) is 0 Å². The zero-order valence-corrected chi connectivity index (χ0v) is 10.9. The second-order valence-electron chi connectivity index (χ2n) is 4.54. The minimum atomic E-state index is 0.243. The Balaban J connectivity index is 1.81. The van der Waals surface area contributed by atoms with E-state index in [0.29, 0.717) is 11.7 Å². The fourth-order valence-electron chi connectivity index (χ4n) is 2.08. The van der Waals surface area contributed by atoms with Crippen molar-refractivity contribution in [1.29, 1.82) is 0 Å². The van der Waals surface area contributed by atoms with Crippen molar-refractivity contribution in [3.63, 3.8) is 0 Å². The first kappa shape index (κ1) is 12.4. The van der Waals surface area contributed by atoms with Crippen LogP contribution in [0.2, 0.25) is 0 Å². The smallest absolute Gasteiger partial charge is 0.232 e. The largest absolute Gasteiger partial charge is 0.342 e. The molecule has 0 bridgehead atoms. The van der Waals surface area contributed by atoms with Crippen molar-refractivity contribution in [3.05, 3.63) is 24.4 Å². The summed E-state index contributed by atoms with van der Waals surface area (Å²) in [6, 6.07) is 5.78. The predicted octanol–water partition coefficient (Wildman–Crippen LogP) is 2.43. The Kier molecular flexibility index (Phi) is 4.42. The molecule has 1 saturated heterocycles. The van der Waals surface area contributed by atoms with Crippen molar-refractivity contribution in [2.24, 2.45) is 5.92 Å². The Bertz CT molecular complexity index is 369. The van der Waals surface area contributed by atoms with Gasteiger partial charge in [0.05, 0.1) is 10.8 Å². The van der Waals surface area contributed by atoms with Gasteiger partial charge in [0.2, 0.25) is 5.91 Å². The maximum absolute atomic E-state index is 12.0. The Morgan fingerprint density at radius 2 is 2.47 bits per heavy atom. The van der Waals surface area contributed by atoms with E-state index in [2.05, 4.69) is 11.9 Å². The van der Waals surface area contributed by atoms with E-state index in [0.717, 1.165) is 24.5 Å². The summed E-state index contributed by atoms with van der Waals surface area (Å²) in [5.74, 6) is 1.39. The van der Waals surface area contributed by atoms with E-state index >= 15 is 0 Å². The predicted molar refractivity (Wildman–Crippen MR) is 69.9 cm³/mol. The number of carbonyl (C=O) groups is 1. The average molecular weight is 250 g/mol. The fourth-order valence-corrected chi connectivity index (χ4v) is 2.84. The summed E-state index contributed by atoms with van der Waals surface area (Å²) < 4.78 is 0. The highest BCUT2D eigenvalue weighted by Crippen LogP contribution is 2.19. The maximum Gasteiger partial charge on any atom is 0.232 e. The third-order valence-corrected chi connectivity index (χ3v) is 3.92. The van der Waals surface area contributed by atoms with Crippen LogP contribution in [0, 0.1) is 5.92 Å². The molecule has 1 fully saturated rings. The van der Waals surface area contributed by atoms with Gasteiger partial charge in [0.25, 0.3) is 0 Å². The monoisotopic (exact) mass is 250 g/mol. The number of thioether (sulfide) groups is 1. The Morgan fingerprint density at radius 1 is 1.59 bits per heavy atom. The van der Waals surface area contributed by atoms with E-state index in [1.807, 2.05) is 23.1 Å². The van der Waals surface area contributed by atoms with Gasteiger partial charge in [-0.1, -0.05) is 24.8 Å². The summed E-state index contributed by atoms with van der Waals surface area (Å²) in [5, 5.41) is 0.922. The van der Waals surface area contributed by atoms with Crippen LogP contribution < -0.4 is 0 Å². The van der Waals surface area contributed by atoms with Crippen molar-refractivity contribution in [1.82, 2.24) is 9.88 Å². The van der Waals surface area contributed by atoms with E-state index < -0.39 is 0 Å². The minimum Gasteiger partial charge on any atom is -0.342 e. The molecule has 0 N–H and O–H groups in total. The number of hydrogen-bond acceptors (Lipinski definition) is 3. The molecular weight excluding hydrogens is 232 g/mol. The Morgan fingerprint density at radius 3 is 3.18 bits per heavy atom. The summed E-state index contributed by atoms with van der Waals surface area (Å²) in [6.07, 6.45) is 4.15. The normalized spacial score (nSPS) is 20.3. The summed E-state index contributed by atoms with van der Waals surface area (Å²) >= 11 is 1.52. The van der Waals surface area contributed by atoms with Crippen LogP contribution in [0.3, 0.4) is 0 Å². The molecule has 1 aromatic rings. The SMILES string of the molecule is C[C@@H]1CCCN(C(=O)CSc2ccccn2)C1. The van der Waals surface area contributed by atoms with Gasteiger partial charge in [-0.15, -0.1) is 0 Å². The summed E-state index contributed by atoms with van der Waals surface area (Å²) in [5.41, 5.74) is 0. The lowest BCUT2D eigenvalue weighted by Crippen LogP contribution is -2.40. The molecule has 2 rings (SSSR count). The van der Waals surface area contributed by atoms with Gasteiger partial charge >= 0.3 is 0 Å². The van der Waals surface area contributed by atoms with E-state index in [9.17, 15) is 4.79 Å². The molecule has 1 atom stereocenters. The highest BCUT2D eigenvalue weighted by molar-refractivity contribution is 7.99. The first-order valence-electron chi connectivity index (χ1n) is 6.07. The molecule has 1 aliphatic rings. The third kappa shape index (κ3) is 3.73. The molecule has 0 saturated carbocycles. The van der Waals surface area contributed by atoms with Gasteiger partial charge in [0, 0.05) is 19.3 Å². The molecule has 1 aromatic heterocycles. The second kappa shape index (κ2) is 6.05. The number of aromatic nitrogens is 1. The zero-order chi connectivity index (χ0) is 12.1. The van der Waals surface area contributed by atoms with Crippen molar-refractivity contribution in [3.8, 4) is 0 Å². The number of piperidine rings is 1. The van der Waals surface area contributed by atoms with E-state index in [1.165, 1.54) is 18.2 Å². The molecule has 0 aromatic carbocycles. The fraction of sp³-hybridized carbons (Fsp3) is 0.538. The standard InChI is InChI=1S/C13H18N2OS/c1-11-5-4-8-15(9-11)13(16)10-17-12-6-2-3-7-14-12/h2-3,6-7,11H,4-5,8-10H2,1H3/t11-/m1/s1. The molecule has 3 nitrogen and oxygen atoms in total. The van der Waals surface area contributed by atoms with Crippen LogP contribution in [-0.4, -0.2) is 34.6 Å². The van der Waals surface area contributed by atoms with E-state index in [-0.39, 0.29) is 5.91 Å². The van der Waals surface area contributed by atoms with Gasteiger partial charge in [-0.25, -0.2) is 4.98 Å². The molecule has 2 heterocycles. The molecule has 0 unspecified atom stereocenters. The molecule has 4 heteroatoms. The van der Waals surface area contributed by atoms with Crippen LogP contribution in [0.4, 0.5) is 0 Å². The number of carbonyl (C=O) groups excluding carboxylic acids is 1. The highest BCUT2D eigenvalue weighted by atomic mass is 32.2. The summed E-state index contributed by atoms with van der Waals surface area (Å²) in [6.45, 7) is 4.05. The molecule has 0 aliphatic carbocycles. The van der Waals surface area contributed by atoms with Gasteiger partial charge in [0.15, 0.2) is 0 Å². The number of likely N-dealkylation sites (tertiary alicyclic amines) is 1. The topological polar surface area (TPSA) is 33.2 Å². The zero-order valence-electron chi connectivity index (χ0n) is 10.1. The molecule has 0 spiro atoms. The van der Waals surface area contributed by atoms with Crippen LogP contribution >= 0.6 is 11.8 Å². The highest BCUT2D eigenvalue weighted by Gasteiger charge is 2.20. The minimum absolute atomic E-state index is 0.243. The average Bonchev–Trinajstić information content (AvgIpc) is 2.37. The van der Waals surface area contributed by atoms with Gasteiger partial charge < -0.3 is 4.90 Å². The number of pyridine rings is 1. The Hall–Kier alpha value is -1.03. The lowest BCUT2D eigenvalue weighted by Gasteiger charge is -2.30. The number of amides is 1. The molecular formula is C13H18N2OS. The van der Waals surface area contributed by atoms with Crippen LogP contribution in [0.1, 0.15) is 19.8 Å². The van der Waals surface area contributed by atoms with Crippen molar-refractivity contribution in [2.45, 2.75) is 24.8 Å². The van der Waals surface area contributed by atoms with Crippen LogP contribution in [0.5, 0.6) is 0 Å². The molecule has 1 aliphatic heterocycles. The Labute approximate surface area is 107 Å². The van der Waals surface area contributed by atoms with Crippen molar-refractivity contribution < 1.29 is 4.79 Å². The van der Waals surface area contributed by atoms with Crippen molar-refractivity contribution in [2.75, 3.05) is 18.8 Å². The van der Waals surface area contributed by atoms with Gasteiger partial charge in [-0.3, -0.25) is 4.79 Å². The maximum atomic E-state index is 12.0. The third-order valence-electron chi connectivity index (χ3n) is 2.99. The number of hydrogen-bond donors (Lipinski definition) is 0. The first-order valence-corrected chi connectivity index (χ1v) is 7.06. The van der Waals surface area contributed by atoms with Gasteiger partial charge in [-0.05, 0) is 30.9 Å². The van der Waals surface area contributed by atoms with Crippen LogP contribution in [0.25, 0.3) is 0 Å². The summed E-state index contributed by atoms with van der Waals surface area (Å²) in [7, 11) is 0. The number of rotatable bonds is 3. The van der Waals surface area contributed by atoms with E-state index in [4.69, 9.17) is 0 Å². The van der Waals surface area contributed by atoms with E-state index in [1.54, 1.807) is 6.20 Å². The van der Waals surface area contributed by atoms with Crippen molar-refractivity contribution >= 4 is 17.7 Å².